The van der Waals surface area contributed by atoms with E-state index in [-0.39, 0.29) is 48.1 Å². The average Bonchev–Trinajstić information content (AvgIpc) is 2.74. The summed E-state index contributed by atoms with van der Waals surface area (Å²) in [7, 11) is 3.56. The monoisotopic (exact) mass is 619 g/mol. The molecular formula is C22H14F4N5Pt+. The van der Waals surface area contributed by atoms with Crippen molar-refractivity contribution in [1.82, 2.24) is 24.4 Å². The normalized spacial score (nSPS) is 11.2. The van der Waals surface area contributed by atoms with Crippen molar-refractivity contribution in [2.75, 3.05) is 14.1 Å². The van der Waals surface area contributed by atoms with Gasteiger partial charge < -0.3 is 0 Å². The number of pyridine rings is 4. The second kappa shape index (κ2) is 9.22. The molecule has 0 N–H and O–H groups in total. The standard InChI is InChI=1S/C22H14F4N5.Pt/c1-31(2,19-7-3-5-15(27-19)13-9-11-17(23)29-21(13)25)20-8-4-6-16(28-20)14-10-12-18(24)30-22(14)26;/h3-8,11-12H,1-2H3;/q-1;+2. The molecular weight excluding hydrogens is 605 g/mol. The van der Waals surface area contributed by atoms with Crippen LogP contribution in [0.5, 0.6) is 0 Å². The molecule has 0 unspecified atom stereocenters. The second-order valence-electron chi connectivity index (χ2n) is 6.99. The number of halogens is 4. The van der Waals surface area contributed by atoms with Crippen LogP contribution < -0.4 is 4.48 Å². The van der Waals surface area contributed by atoms with Crippen LogP contribution in [0.15, 0.2) is 48.5 Å². The summed E-state index contributed by atoms with van der Waals surface area (Å²) in [6, 6.07) is 16.7. The third-order valence-corrected chi connectivity index (χ3v) is 4.62. The summed E-state index contributed by atoms with van der Waals surface area (Å²) in [5, 5.41) is 0. The zero-order valence-corrected chi connectivity index (χ0v) is 19.0. The molecule has 0 aromatic carbocycles. The summed E-state index contributed by atoms with van der Waals surface area (Å²) >= 11 is 0. The van der Waals surface area contributed by atoms with Gasteiger partial charge in [-0.2, -0.15) is 0 Å². The molecule has 0 spiro atoms. The Balaban J connectivity index is 0.00000289. The van der Waals surface area contributed by atoms with E-state index in [4.69, 9.17) is 0 Å². The molecule has 0 saturated heterocycles. The predicted octanol–water partition coefficient (Wildman–Crippen LogP) is 4.65. The van der Waals surface area contributed by atoms with Gasteiger partial charge >= 0.3 is 21.1 Å². The molecule has 0 atom stereocenters. The van der Waals surface area contributed by atoms with E-state index in [1.165, 1.54) is 0 Å². The van der Waals surface area contributed by atoms with Gasteiger partial charge in [0.2, 0.25) is 11.6 Å². The zero-order chi connectivity index (χ0) is 22.2. The quantitative estimate of drug-likeness (QED) is 0.145. The van der Waals surface area contributed by atoms with E-state index in [2.05, 4.69) is 32.1 Å². The van der Waals surface area contributed by atoms with Gasteiger partial charge in [0.25, 0.3) is 0 Å². The van der Waals surface area contributed by atoms with Gasteiger partial charge in [0.15, 0.2) is 0 Å². The van der Waals surface area contributed by atoms with Crippen molar-refractivity contribution in [3.63, 3.8) is 0 Å². The first-order chi connectivity index (χ1) is 14.8. The summed E-state index contributed by atoms with van der Waals surface area (Å²) in [4.78, 5) is 15.3. The number of quaternary nitrogens is 1. The Kier molecular flexibility index (Phi) is 6.81. The number of rotatable bonds is 4. The smallest absolute Gasteiger partial charge is 0.291 e. The minimum absolute atomic E-state index is 0. The van der Waals surface area contributed by atoms with Crippen molar-refractivity contribution in [2.45, 2.75) is 0 Å². The zero-order valence-electron chi connectivity index (χ0n) is 16.7. The van der Waals surface area contributed by atoms with Crippen LogP contribution in [0.2, 0.25) is 0 Å². The van der Waals surface area contributed by atoms with E-state index < -0.39 is 23.8 Å². The van der Waals surface area contributed by atoms with Gasteiger partial charge in [-0.15, -0.1) is 12.1 Å². The number of hydrogen-bond acceptors (Lipinski definition) is 4. The molecule has 0 aliphatic rings. The van der Waals surface area contributed by atoms with Crippen LogP contribution in [0.1, 0.15) is 0 Å². The topological polar surface area (TPSA) is 51.6 Å². The molecule has 164 valence electrons. The molecule has 0 bridgehead atoms. The molecule has 32 heavy (non-hydrogen) atoms. The van der Waals surface area contributed by atoms with Crippen molar-refractivity contribution in [3.05, 3.63) is 84.5 Å². The maximum atomic E-state index is 14.1. The van der Waals surface area contributed by atoms with Crippen molar-refractivity contribution >= 4 is 11.6 Å². The molecule has 0 fully saturated rings. The van der Waals surface area contributed by atoms with Gasteiger partial charge in [-0.05, 0) is 11.4 Å². The van der Waals surface area contributed by atoms with Crippen molar-refractivity contribution in [3.8, 4) is 22.5 Å². The minimum atomic E-state index is -1.02. The summed E-state index contributed by atoms with van der Waals surface area (Å²) in [6.07, 6.45) is 0. The summed E-state index contributed by atoms with van der Waals surface area (Å²) in [6.45, 7) is 0. The largest absolute Gasteiger partial charge is 2.00 e. The Hall–Kier alpha value is -3.03. The van der Waals surface area contributed by atoms with Gasteiger partial charge in [-0.25, -0.2) is 32.0 Å². The number of hydrogen-bond donors (Lipinski definition) is 0. The fourth-order valence-corrected chi connectivity index (χ4v) is 2.97. The fourth-order valence-electron chi connectivity index (χ4n) is 2.97. The Morgan fingerprint density at radius 1 is 0.656 bits per heavy atom. The fraction of sp³-hybridized carbons (Fsp3) is 0.0909. The third-order valence-electron chi connectivity index (χ3n) is 4.62. The van der Waals surface area contributed by atoms with Gasteiger partial charge in [0.1, 0.15) is 23.8 Å². The van der Waals surface area contributed by atoms with Gasteiger partial charge in [0.05, 0.1) is 14.1 Å². The van der Waals surface area contributed by atoms with E-state index >= 15 is 0 Å². The molecule has 4 aromatic rings. The maximum Gasteiger partial charge on any atom is 2.00 e. The molecule has 0 saturated carbocycles. The van der Waals surface area contributed by atoms with E-state index in [9.17, 15) is 17.6 Å². The van der Waals surface area contributed by atoms with Gasteiger partial charge in [-0.1, -0.05) is 47.5 Å². The summed E-state index contributed by atoms with van der Waals surface area (Å²) < 4.78 is 54.4. The first-order valence-corrected chi connectivity index (χ1v) is 9.03. The number of aromatic nitrogens is 4. The Bertz CT molecular complexity index is 1190. The van der Waals surface area contributed by atoms with Gasteiger partial charge in [-0.3, -0.25) is 9.97 Å². The molecule has 10 heteroatoms. The molecule has 0 amide bonds. The van der Waals surface area contributed by atoms with Crippen molar-refractivity contribution in [1.29, 1.82) is 0 Å². The van der Waals surface area contributed by atoms with E-state index in [1.807, 2.05) is 0 Å². The first-order valence-electron chi connectivity index (χ1n) is 9.03. The molecule has 4 rings (SSSR count). The van der Waals surface area contributed by atoms with Crippen molar-refractivity contribution < 1.29 is 38.6 Å². The number of nitrogens with zero attached hydrogens (tertiary/aromatic N) is 5. The second-order valence-corrected chi connectivity index (χ2v) is 6.99. The van der Waals surface area contributed by atoms with E-state index in [0.29, 0.717) is 11.6 Å². The summed E-state index contributed by atoms with van der Waals surface area (Å²) in [5.74, 6) is -3.06. The Morgan fingerprint density at radius 2 is 1.06 bits per heavy atom. The van der Waals surface area contributed by atoms with Crippen molar-refractivity contribution in [2.24, 2.45) is 0 Å². The average molecular weight is 619 g/mol. The molecule has 4 aromatic heterocycles. The van der Waals surface area contributed by atoms with E-state index in [1.54, 1.807) is 50.5 Å². The van der Waals surface area contributed by atoms with E-state index in [0.717, 1.165) is 12.1 Å². The van der Waals surface area contributed by atoms with Crippen LogP contribution in [-0.2, 0) is 21.1 Å². The maximum absolute atomic E-state index is 14.1. The molecule has 0 aliphatic carbocycles. The molecule has 0 aliphatic heterocycles. The predicted molar refractivity (Wildman–Crippen MR) is 106 cm³/mol. The first kappa shape index (κ1) is 23.6. The third kappa shape index (κ3) is 4.59. The molecule has 5 nitrogen and oxygen atoms in total. The van der Waals surface area contributed by atoms with Crippen LogP contribution in [0, 0.1) is 35.9 Å². The minimum Gasteiger partial charge on any atom is -0.291 e. The Morgan fingerprint density at radius 3 is 1.44 bits per heavy atom. The van der Waals surface area contributed by atoms with Crippen LogP contribution in [0.3, 0.4) is 0 Å². The molecule has 0 radical (unpaired) electrons. The SMILES string of the molecule is C[N+](C)(c1cccc(-c2[c-]cc(F)nc2F)n1)c1cccc(-c2[c-]cc(F)nc2F)n1.[Pt+2]. The van der Waals surface area contributed by atoms with Crippen LogP contribution >= 0.6 is 0 Å². The Labute approximate surface area is 195 Å². The molecule has 4 heterocycles. The summed E-state index contributed by atoms with van der Waals surface area (Å²) in [5.41, 5.74) is 0.289. The van der Waals surface area contributed by atoms with Crippen LogP contribution in [0.4, 0.5) is 29.2 Å². The van der Waals surface area contributed by atoms with Crippen LogP contribution in [0.25, 0.3) is 22.5 Å². The van der Waals surface area contributed by atoms with Gasteiger partial charge in [0, 0.05) is 12.1 Å². The van der Waals surface area contributed by atoms with Crippen LogP contribution in [-0.4, -0.2) is 34.0 Å².